The molecular weight excluding hydrogens is 955 g/mol. The van der Waals surface area contributed by atoms with E-state index in [1.54, 1.807) is 88.4 Å². The molecule has 3 heterocycles. The number of piperidine rings is 2. The van der Waals surface area contributed by atoms with Gasteiger partial charge in [-0.1, -0.05) is 54.6 Å². The fourth-order valence-corrected chi connectivity index (χ4v) is 12.4. The van der Waals surface area contributed by atoms with Gasteiger partial charge in [0.2, 0.25) is 25.9 Å². The lowest BCUT2D eigenvalue weighted by Gasteiger charge is -2.37. The molecule has 70 heavy (non-hydrogen) atoms. The summed E-state index contributed by atoms with van der Waals surface area (Å²) in [7, 11) is -7.67. The topological polar surface area (TPSA) is 204 Å². The van der Waals surface area contributed by atoms with Crippen molar-refractivity contribution in [1.82, 2.24) is 20.0 Å². The third-order valence-corrected chi connectivity index (χ3v) is 16.5. The van der Waals surface area contributed by atoms with Crippen molar-refractivity contribution in [3.8, 4) is 11.5 Å². The Morgan fingerprint density at radius 3 is 1.50 bits per heavy atom. The average molecular weight is 1020 g/mol. The zero-order valence-electron chi connectivity index (χ0n) is 39.6. The number of Topliss-reactive ketones (excluding diaryl/α,β-unsaturated/α-hetero) is 1. The highest BCUT2D eigenvalue weighted by molar-refractivity contribution is 7.93. The van der Waals surface area contributed by atoms with E-state index in [0.29, 0.717) is 76.3 Å². The van der Waals surface area contributed by atoms with Gasteiger partial charge in [-0.15, -0.1) is 10.2 Å². The molecular formula is C49H61F4N7O8S2. The number of nitrogens with zero attached hydrogens (tertiary/aromatic N) is 6. The Balaban J connectivity index is 0.000000231. The van der Waals surface area contributed by atoms with Gasteiger partial charge in [0.25, 0.3) is 5.89 Å². The summed E-state index contributed by atoms with van der Waals surface area (Å²) in [6, 6.07) is 25.0. The minimum atomic E-state index is -3.87. The Labute approximate surface area is 407 Å². The number of anilines is 2. The molecule has 0 bridgehead atoms. The Morgan fingerprint density at radius 1 is 0.700 bits per heavy atom. The molecule has 2 saturated heterocycles. The Hall–Kier alpha value is -5.29. The first-order valence-corrected chi connectivity index (χ1v) is 25.9. The van der Waals surface area contributed by atoms with Crippen molar-refractivity contribution in [3.63, 3.8) is 0 Å². The molecule has 0 radical (unpaired) electrons. The molecule has 21 heteroatoms. The summed E-state index contributed by atoms with van der Waals surface area (Å²) in [6.45, 7) is 9.28. The van der Waals surface area contributed by atoms with Crippen LogP contribution in [-0.2, 0) is 33.1 Å². The van der Waals surface area contributed by atoms with E-state index in [0.717, 1.165) is 12.1 Å². The predicted molar refractivity (Wildman–Crippen MR) is 259 cm³/mol. The standard InChI is InChI=1S/C25H29F3N4O4S.C24H32FN3O4S/c1-25(2,33)16-31-12-10-20(11-13-31)37(34,35)32(19-6-4-3-5-7-19)15-18-9-8-17(14-21(18)26)23-29-30-24(36-23)22(27)28;1-24(2,30)17-27-12-10-21(11-13-27)33(31,32)28(20-6-4-3-5-7-20)16-19-9-8-18(14-22(19)25)23(29)15-26/h3-9,14,20,22,33H,10-13,15-16H2,1-2H3;3-9,14,21,30H,10-13,15-17,26H2,1-2H3. The Bertz CT molecular complexity index is 2740. The molecule has 2 aliphatic rings. The van der Waals surface area contributed by atoms with Gasteiger partial charge in [0.15, 0.2) is 5.78 Å². The van der Waals surface area contributed by atoms with Crippen LogP contribution in [0, 0.1) is 11.6 Å². The van der Waals surface area contributed by atoms with Gasteiger partial charge in [-0.25, -0.2) is 25.6 Å². The number of hydrogen-bond donors (Lipinski definition) is 3. The van der Waals surface area contributed by atoms with Crippen LogP contribution in [0.1, 0.15) is 87.2 Å². The third kappa shape index (κ3) is 14.2. The Kier molecular flexibility index (Phi) is 17.6. The maximum Gasteiger partial charge on any atom is 0.314 e. The van der Waals surface area contributed by atoms with Gasteiger partial charge >= 0.3 is 6.43 Å². The van der Waals surface area contributed by atoms with E-state index in [1.807, 2.05) is 4.90 Å². The third-order valence-electron chi connectivity index (χ3n) is 12.0. The molecule has 4 aromatic carbocycles. The number of aromatic nitrogens is 2. The number of halogens is 4. The largest absolute Gasteiger partial charge is 0.415 e. The first-order chi connectivity index (χ1) is 32.9. The minimum Gasteiger partial charge on any atom is -0.415 e. The highest BCUT2D eigenvalue weighted by Gasteiger charge is 2.38. The summed E-state index contributed by atoms with van der Waals surface area (Å²) in [6.07, 6.45) is -1.33. The van der Waals surface area contributed by atoms with Crippen LogP contribution in [0.25, 0.3) is 11.5 Å². The molecule has 0 saturated carbocycles. The lowest BCUT2D eigenvalue weighted by Crippen LogP contribution is -2.48. The Morgan fingerprint density at radius 2 is 1.13 bits per heavy atom. The number of likely N-dealkylation sites (tertiary alicyclic amines) is 2. The summed E-state index contributed by atoms with van der Waals surface area (Å²) < 4.78 is 118. The van der Waals surface area contributed by atoms with Crippen LogP contribution >= 0.6 is 0 Å². The number of benzene rings is 4. The van der Waals surface area contributed by atoms with Gasteiger partial charge in [0.1, 0.15) is 11.6 Å². The average Bonchev–Trinajstić information content (AvgIpc) is 3.82. The molecule has 0 unspecified atom stereocenters. The number of aliphatic hydroxyl groups is 2. The SMILES string of the molecule is CC(C)(O)CN1CCC(S(=O)(=O)N(Cc2ccc(-c3nnc(C(F)F)o3)cc2F)c2ccccc2)CC1.CC(C)(O)CN1CCC(S(=O)(=O)N(Cc2ccc(C(=O)CN)cc2F)c2ccccc2)CC1. The molecule has 0 spiro atoms. The second-order valence-corrected chi connectivity index (χ2v) is 23.1. The molecule has 2 fully saturated rings. The molecule has 1 aromatic heterocycles. The van der Waals surface area contributed by atoms with E-state index in [4.69, 9.17) is 10.2 Å². The van der Waals surface area contributed by atoms with E-state index >= 15 is 4.39 Å². The number of carbonyl (C=O) groups excluding carboxylic acids is 1. The normalized spacial score (nSPS) is 15.9. The molecule has 5 aromatic rings. The minimum absolute atomic E-state index is 0.101. The number of carbonyl (C=O) groups is 1. The van der Waals surface area contributed by atoms with Crippen LogP contribution in [0.15, 0.2) is 101 Å². The number of hydrogen-bond acceptors (Lipinski definition) is 13. The van der Waals surface area contributed by atoms with Gasteiger partial charge in [-0.3, -0.25) is 13.4 Å². The fourth-order valence-electron chi connectivity index (χ4n) is 8.55. The molecule has 15 nitrogen and oxygen atoms in total. The second kappa shape index (κ2) is 22.9. The van der Waals surface area contributed by atoms with Crippen LogP contribution in [0.3, 0.4) is 0 Å². The molecule has 380 valence electrons. The van der Waals surface area contributed by atoms with E-state index in [2.05, 4.69) is 15.1 Å². The number of sulfonamides is 2. The summed E-state index contributed by atoms with van der Waals surface area (Å²) in [5.41, 5.74) is 5.03. The maximum atomic E-state index is 15.1. The molecule has 0 atom stereocenters. The van der Waals surface area contributed by atoms with Crippen molar-refractivity contribution in [2.45, 2.75) is 94.6 Å². The zero-order chi connectivity index (χ0) is 51.0. The predicted octanol–water partition coefficient (Wildman–Crippen LogP) is 6.92. The highest BCUT2D eigenvalue weighted by atomic mass is 32.2. The second-order valence-electron chi connectivity index (χ2n) is 18.8. The number of rotatable bonds is 18. The summed E-state index contributed by atoms with van der Waals surface area (Å²) in [5, 5.41) is 25.6. The fraction of sp³-hybridized carbons (Fsp3) is 0.449. The van der Waals surface area contributed by atoms with Crippen LogP contribution < -0.4 is 14.3 Å². The van der Waals surface area contributed by atoms with Gasteiger partial charge in [-0.2, -0.15) is 8.78 Å². The number of para-hydroxylation sites is 2. The molecule has 0 amide bonds. The number of β-amino-alcohol motifs (C(OH)–C–C–N with tert-alkyl or cyclic N) is 2. The number of alkyl halides is 2. The van der Waals surface area contributed by atoms with Gasteiger partial charge in [0, 0.05) is 35.3 Å². The summed E-state index contributed by atoms with van der Waals surface area (Å²) >= 11 is 0. The first kappa shape index (κ1) is 54.1. The van der Waals surface area contributed by atoms with Gasteiger partial charge < -0.3 is 30.2 Å². The lowest BCUT2D eigenvalue weighted by molar-refractivity contribution is 0.0300. The van der Waals surface area contributed by atoms with Crippen molar-refractivity contribution in [1.29, 1.82) is 0 Å². The molecule has 4 N–H and O–H groups in total. The smallest absolute Gasteiger partial charge is 0.314 e. The van der Waals surface area contributed by atoms with Crippen LogP contribution in [0.2, 0.25) is 0 Å². The van der Waals surface area contributed by atoms with Crippen molar-refractivity contribution in [2.24, 2.45) is 5.73 Å². The van der Waals surface area contributed by atoms with Gasteiger partial charge in [0.05, 0.1) is 52.7 Å². The van der Waals surface area contributed by atoms with Crippen molar-refractivity contribution in [2.75, 3.05) is 54.4 Å². The number of nitrogens with two attached hydrogens (primary N) is 1. The van der Waals surface area contributed by atoms with Crippen molar-refractivity contribution >= 4 is 37.2 Å². The molecule has 2 aliphatic heterocycles. The lowest BCUT2D eigenvalue weighted by atomic mass is 10.1. The molecule has 0 aliphatic carbocycles. The van der Waals surface area contributed by atoms with E-state index in [9.17, 15) is 45.0 Å². The first-order valence-electron chi connectivity index (χ1n) is 22.9. The van der Waals surface area contributed by atoms with Crippen molar-refractivity contribution in [3.05, 3.63) is 131 Å². The summed E-state index contributed by atoms with van der Waals surface area (Å²) in [4.78, 5) is 15.9. The van der Waals surface area contributed by atoms with E-state index in [1.165, 1.54) is 32.9 Å². The van der Waals surface area contributed by atoms with Crippen LogP contribution in [0.4, 0.5) is 28.9 Å². The van der Waals surface area contributed by atoms with Gasteiger partial charge in [-0.05, 0) is 122 Å². The van der Waals surface area contributed by atoms with Crippen LogP contribution in [-0.4, -0.2) is 120 Å². The molecule has 7 rings (SSSR count). The number of ketones is 1. The highest BCUT2D eigenvalue weighted by Crippen LogP contribution is 2.32. The van der Waals surface area contributed by atoms with E-state index in [-0.39, 0.29) is 53.6 Å². The van der Waals surface area contributed by atoms with Crippen LogP contribution in [0.5, 0.6) is 0 Å². The van der Waals surface area contributed by atoms with E-state index < -0.39 is 65.7 Å². The zero-order valence-corrected chi connectivity index (χ0v) is 41.2. The monoisotopic (exact) mass is 1020 g/mol. The maximum absolute atomic E-state index is 15.1. The van der Waals surface area contributed by atoms with Crippen molar-refractivity contribution < 1.29 is 53.8 Å². The quantitative estimate of drug-likeness (QED) is 0.0603. The summed E-state index contributed by atoms with van der Waals surface area (Å²) in [5.74, 6) is -2.89.